The van der Waals surface area contributed by atoms with Crippen LogP contribution < -0.4 is 10.2 Å². The summed E-state index contributed by atoms with van der Waals surface area (Å²) < 4.78 is 38.6. The van der Waals surface area contributed by atoms with E-state index in [2.05, 4.69) is 11.9 Å². The molecule has 2 aromatic rings. The number of alkyl halides is 3. The van der Waals surface area contributed by atoms with Gasteiger partial charge in [0.1, 0.15) is 6.23 Å². The summed E-state index contributed by atoms with van der Waals surface area (Å²) in [5.74, 6) is 0. The smallest absolute Gasteiger partial charge is 0.376 e. The first-order valence-corrected chi connectivity index (χ1v) is 7.50. The topological polar surface area (TPSA) is 35.5 Å². The van der Waals surface area contributed by atoms with E-state index in [0.29, 0.717) is 12.2 Å². The van der Waals surface area contributed by atoms with Gasteiger partial charge in [-0.15, -0.1) is 0 Å². The van der Waals surface area contributed by atoms with E-state index in [1.807, 2.05) is 24.3 Å². The minimum absolute atomic E-state index is 0.223. The molecule has 2 atom stereocenters. The molecule has 24 heavy (non-hydrogen) atoms. The Labute approximate surface area is 138 Å². The van der Waals surface area contributed by atoms with E-state index in [4.69, 9.17) is 0 Å². The van der Waals surface area contributed by atoms with Crippen LogP contribution in [0.1, 0.15) is 17.2 Å². The number of rotatable bonds is 4. The molecular formula is C18H17F3N2O. The lowest BCUT2D eigenvalue weighted by Crippen LogP contribution is -2.33. The molecule has 0 fully saturated rings. The van der Waals surface area contributed by atoms with Crippen molar-refractivity contribution in [3.63, 3.8) is 0 Å². The third-order valence-corrected chi connectivity index (χ3v) is 4.06. The Hall–Kier alpha value is -2.47. The van der Waals surface area contributed by atoms with Gasteiger partial charge < -0.3 is 15.3 Å². The summed E-state index contributed by atoms with van der Waals surface area (Å²) in [4.78, 5) is 1.76. The Morgan fingerprint density at radius 1 is 1.21 bits per heavy atom. The van der Waals surface area contributed by atoms with E-state index >= 15 is 0 Å². The Bertz CT molecular complexity index is 745. The normalized spacial score (nSPS) is 18.2. The zero-order valence-corrected chi connectivity index (χ0v) is 12.8. The van der Waals surface area contributed by atoms with Gasteiger partial charge in [-0.25, -0.2) is 0 Å². The zero-order chi connectivity index (χ0) is 17.3. The van der Waals surface area contributed by atoms with Crippen LogP contribution in [-0.4, -0.2) is 17.9 Å². The summed E-state index contributed by atoms with van der Waals surface area (Å²) in [6, 6.07) is 12.4. The van der Waals surface area contributed by atoms with E-state index in [-0.39, 0.29) is 6.04 Å². The minimum atomic E-state index is -4.38. The number of nitrogens with zero attached hydrogens (tertiary/aromatic N) is 1. The average molecular weight is 334 g/mol. The largest absolute Gasteiger partial charge is 0.416 e. The Morgan fingerprint density at radius 2 is 1.96 bits per heavy atom. The number of aliphatic hydroxyl groups is 1. The van der Waals surface area contributed by atoms with Crippen LogP contribution in [0.5, 0.6) is 0 Å². The second-order valence-electron chi connectivity index (χ2n) is 5.64. The summed E-state index contributed by atoms with van der Waals surface area (Å²) in [7, 11) is 0. The van der Waals surface area contributed by atoms with Crippen molar-refractivity contribution in [2.24, 2.45) is 0 Å². The van der Waals surface area contributed by atoms with Crippen LogP contribution in [0.2, 0.25) is 0 Å². The molecule has 0 spiro atoms. The zero-order valence-electron chi connectivity index (χ0n) is 12.8. The van der Waals surface area contributed by atoms with Gasteiger partial charge in [0.15, 0.2) is 0 Å². The predicted molar refractivity (Wildman–Crippen MR) is 87.8 cm³/mol. The van der Waals surface area contributed by atoms with E-state index < -0.39 is 18.0 Å². The number of anilines is 2. The van der Waals surface area contributed by atoms with Gasteiger partial charge >= 0.3 is 6.18 Å². The van der Waals surface area contributed by atoms with Crippen molar-refractivity contribution >= 4 is 11.4 Å². The highest BCUT2D eigenvalue weighted by atomic mass is 19.4. The Morgan fingerprint density at radius 3 is 2.67 bits per heavy atom. The monoisotopic (exact) mass is 334 g/mol. The summed E-state index contributed by atoms with van der Waals surface area (Å²) in [6.07, 6.45) is -3.81. The van der Waals surface area contributed by atoms with Crippen LogP contribution in [0.15, 0.2) is 61.2 Å². The highest BCUT2D eigenvalue weighted by molar-refractivity contribution is 5.63. The molecule has 3 nitrogen and oxygen atoms in total. The van der Waals surface area contributed by atoms with E-state index in [1.54, 1.807) is 11.0 Å². The summed E-state index contributed by atoms with van der Waals surface area (Å²) in [5, 5.41) is 13.2. The number of hydrogen-bond donors (Lipinski definition) is 2. The fourth-order valence-electron chi connectivity index (χ4n) is 2.92. The Balaban J connectivity index is 1.88. The second kappa shape index (κ2) is 6.20. The van der Waals surface area contributed by atoms with Crippen LogP contribution in [-0.2, 0) is 6.18 Å². The molecule has 1 aliphatic rings. The molecule has 0 aromatic heterocycles. The highest BCUT2D eigenvalue weighted by Gasteiger charge is 2.33. The molecule has 2 unspecified atom stereocenters. The van der Waals surface area contributed by atoms with E-state index in [0.717, 1.165) is 23.4 Å². The van der Waals surface area contributed by atoms with Gasteiger partial charge in [-0.2, -0.15) is 13.2 Å². The SMILES string of the molecule is C=CC(O)N1CC(Nc2cccc(C(F)(F)F)c2)c2ccccc21. The van der Waals surface area contributed by atoms with Crippen LogP contribution in [0.3, 0.4) is 0 Å². The van der Waals surface area contributed by atoms with Crippen molar-refractivity contribution in [3.05, 3.63) is 72.3 Å². The lowest BCUT2D eigenvalue weighted by atomic mass is 10.1. The maximum absolute atomic E-state index is 12.9. The summed E-state index contributed by atoms with van der Waals surface area (Å²) in [6.45, 7) is 4.02. The van der Waals surface area contributed by atoms with Crippen molar-refractivity contribution in [1.82, 2.24) is 0 Å². The number of hydrogen-bond acceptors (Lipinski definition) is 3. The first-order chi connectivity index (χ1) is 11.4. The first kappa shape index (κ1) is 16.4. The number of halogens is 3. The Kier molecular flexibility index (Phi) is 4.24. The molecule has 0 saturated heterocycles. The average Bonchev–Trinajstić information content (AvgIpc) is 2.92. The molecule has 126 valence electrons. The number of benzene rings is 2. The van der Waals surface area contributed by atoms with Gasteiger partial charge in [-0.05, 0) is 35.9 Å². The predicted octanol–water partition coefficient (Wildman–Crippen LogP) is 4.18. The van der Waals surface area contributed by atoms with Crippen LogP contribution in [0, 0.1) is 0 Å². The van der Waals surface area contributed by atoms with Crippen LogP contribution in [0.4, 0.5) is 24.5 Å². The molecule has 0 aliphatic carbocycles. The second-order valence-corrected chi connectivity index (χ2v) is 5.64. The molecule has 0 amide bonds. The van der Waals surface area contributed by atoms with Gasteiger partial charge in [0.2, 0.25) is 0 Å². The van der Waals surface area contributed by atoms with Gasteiger partial charge in [0.25, 0.3) is 0 Å². The van der Waals surface area contributed by atoms with Crippen LogP contribution in [0.25, 0.3) is 0 Å². The van der Waals surface area contributed by atoms with Crippen molar-refractivity contribution < 1.29 is 18.3 Å². The summed E-state index contributed by atoms with van der Waals surface area (Å²) in [5.41, 5.74) is 1.46. The first-order valence-electron chi connectivity index (χ1n) is 7.50. The number of aliphatic hydroxyl groups excluding tert-OH is 1. The summed E-state index contributed by atoms with van der Waals surface area (Å²) >= 11 is 0. The molecule has 1 aliphatic heterocycles. The van der Waals surface area contributed by atoms with Gasteiger partial charge in [-0.1, -0.05) is 30.8 Å². The molecular weight excluding hydrogens is 317 g/mol. The molecule has 1 heterocycles. The van der Waals surface area contributed by atoms with Gasteiger partial charge in [0.05, 0.1) is 11.6 Å². The van der Waals surface area contributed by atoms with Gasteiger partial charge in [0, 0.05) is 17.9 Å². The number of nitrogens with one attached hydrogen (secondary N) is 1. The number of fused-ring (bicyclic) bond motifs is 1. The minimum Gasteiger partial charge on any atom is -0.376 e. The third kappa shape index (κ3) is 3.10. The fraction of sp³-hybridized carbons (Fsp3) is 0.222. The van der Waals surface area contributed by atoms with E-state index in [9.17, 15) is 18.3 Å². The van der Waals surface area contributed by atoms with Gasteiger partial charge in [-0.3, -0.25) is 0 Å². The molecule has 2 aromatic carbocycles. The quantitative estimate of drug-likeness (QED) is 0.823. The van der Waals surface area contributed by atoms with E-state index in [1.165, 1.54) is 12.1 Å². The molecule has 0 saturated carbocycles. The van der Waals surface area contributed by atoms with Crippen LogP contribution >= 0.6 is 0 Å². The van der Waals surface area contributed by atoms with Crippen molar-refractivity contribution in [3.8, 4) is 0 Å². The van der Waals surface area contributed by atoms with Crippen molar-refractivity contribution in [2.75, 3.05) is 16.8 Å². The highest BCUT2D eigenvalue weighted by Crippen LogP contribution is 2.38. The molecule has 3 rings (SSSR count). The lowest BCUT2D eigenvalue weighted by Gasteiger charge is -2.24. The maximum Gasteiger partial charge on any atom is 0.416 e. The molecule has 2 N–H and O–H groups in total. The van der Waals surface area contributed by atoms with Crippen molar-refractivity contribution in [1.29, 1.82) is 0 Å². The fourth-order valence-corrected chi connectivity index (χ4v) is 2.92. The van der Waals surface area contributed by atoms with Crippen molar-refractivity contribution in [2.45, 2.75) is 18.4 Å². The standard InChI is InChI=1S/C18H17F3N2O/c1-2-17(24)23-11-15(14-8-3-4-9-16(14)23)22-13-7-5-6-12(10-13)18(19,20)21/h2-10,15,17,22,24H,1,11H2. The third-order valence-electron chi connectivity index (χ3n) is 4.06. The maximum atomic E-state index is 12.9. The molecule has 0 radical (unpaired) electrons. The lowest BCUT2D eigenvalue weighted by molar-refractivity contribution is -0.137. The molecule has 6 heteroatoms. The molecule has 0 bridgehead atoms. The number of para-hydroxylation sites is 1.